The van der Waals surface area contributed by atoms with Gasteiger partial charge in [-0.3, -0.25) is 4.79 Å². The molecule has 0 radical (unpaired) electrons. The zero-order valence-electron chi connectivity index (χ0n) is 13.8. The van der Waals surface area contributed by atoms with E-state index in [1.165, 1.54) is 11.8 Å². The first-order valence-electron chi connectivity index (χ1n) is 7.49. The number of nitrogens with zero attached hydrogens (tertiary/aromatic N) is 2. The molecule has 0 saturated carbocycles. The van der Waals surface area contributed by atoms with Gasteiger partial charge in [0, 0.05) is 16.3 Å². The molecule has 3 rings (SSSR count). The SMILES string of the molecule is CN(C)CCN1C(=O)c2ccccc2Sc2ccccc2S1(=O)=O.[Cl-]. The molecule has 2 aromatic carbocycles. The van der Waals surface area contributed by atoms with Crippen molar-refractivity contribution >= 4 is 27.7 Å². The minimum atomic E-state index is -3.89. The van der Waals surface area contributed by atoms with Crippen molar-refractivity contribution in [3.63, 3.8) is 0 Å². The summed E-state index contributed by atoms with van der Waals surface area (Å²) in [5.41, 5.74) is 0.416. The summed E-state index contributed by atoms with van der Waals surface area (Å²) >= 11 is 1.31. The minimum Gasteiger partial charge on any atom is -1.00 e. The van der Waals surface area contributed by atoms with Crippen molar-refractivity contribution in [2.75, 3.05) is 27.2 Å². The van der Waals surface area contributed by atoms with Gasteiger partial charge in [0.25, 0.3) is 15.9 Å². The molecule has 0 unspecified atom stereocenters. The van der Waals surface area contributed by atoms with Crippen molar-refractivity contribution in [2.24, 2.45) is 0 Å². The number of rotatable bonds is 3. The van der Waals surface area contributed by atoms with E-state index in [1.54, 1.807) is 36.4 Å². The first-order chi connectivity index (χ1) is 11.4. The van der Waals surface area contributed by atoms with Crippen molar-refractivity contribution in [2.45, 2.75) is 14.7 Å². The van der Waals surface area contributed by atoms with Gasteiger partial charge >= 0.3 is 0 Å². The summed E-state index contributed by atoms with van der Waals surface area (Å²) in [6.07, 6.45) is 0. The van der Waals surface area contributed by atoms with Crippen molar-refractivity contribution in [1.82, 2.24) is 9.21 Å². The lowest BCUT2D eigenvalue weighted by Gasteiger charge is -2.27. The standard InChI is InChI=1S/C17H18N2O3S2.ClH/c1-18(2)11-12-19-17(20)13-7-3-4-8-14(13)23-15-9-5-6-10-16(15)24(19,21)22;/h3-10H,11-12H2,1-2H3;1H/p-1. The van der Waals surface area contributed by atoms with Crippen LogP contribution in [0.25, 0.3) is 0 Å². The van der Waals surface area contributed by atoms with Gasteiger partial charge in [0.1, 0.15) is 4.90 Å². The zero-order chi connectivity index (χ0) is 17.3. The summed E-state index contributed by atoms with van der Waals surface area (Å²) in [6, 6.07) is 13.9. The molecule has 25 heavy (non-hydrogen) atoms. The van der Waals surface area contributed by atoms with Crippen LogP contribution in [0.3, 0.4) is 0 Å². The van der Waals surface area contributed by atoms with Crippen LogP contribution in [0.4, 0.5) is 0 Å². The number of sulfonamides is 1. The maximum Gasteiger partial charge on any atom is 0.268 e. The summed E-state index contributed by atoms with van der Waals surface area (Å²) in [6.45, 7) is 0.573. The third kappa shape index (κ3) is 3.84. The number of hydrogen-bond donors (Lipinski definition) is 0. The second-order valence-electron chi connectivity index (χ2n) is 5.73. The lowest BCUT2D eigenvalue weighted by Crippen LogP contribution is -3.00. The van der Waals surface area contributed by atoms with E-state index in [0.29, 0.717) is 17.0 Å². The summed E-state index contributed by atoms with van der Waals surface area (Å²) in [4.78, 5) is 16.4. The molecule has 0 bridgehead atoms. The first kappa shape index (κ1) is 19.8. The van der Waals surface area contributed by atoms with E-state index in [9.17, 15) is 13.2 Å². The van der Waals surface area contributed by atoms with E-state index >= 15 is 0 Å². The molecule has 0 fully saturated rings. The Morgan fingerprint density at radius 3 is 2.28 bits per heavy atom. The van der Waals surface area contributed by atoms with E-state index < -0.39 is 15.9 Å². The fourth-order valence-corrected chi connectivity index (χ4v) is 5.33. The van der Waals surface area contributed by atoms with Gasteiger partial charge in [-0.05, 0) is 38.4 Å². The number of carbonyl (C=O) groups excluding carboxylic acids is 1. The van der Waals surface area contributed by atoms with E-state index in [1.807, 2.05) is 31.1 Å². The number of halogens is 1. The molecule has 8 heteroatoms. The molecule has 1 amide bonds. The Morgan fingerprint density at radius 2 is 1.60 bits per heavy atom. The highest BCUT2D eigenvalue weighted by molar-refractivity contribution is 8.00. The minimum absolute atomic E-state index is 0. The van der Waals surface area contributed by atoms with Gasteiger partial charge in [-0.25, -0.2) is 12.7 Å². The average molecular weight is 398 g/mol. The highest BCUT2D eigenvalue weighted by atomic mass is 35.5. The van der Waals surface area contributed by atoms with E-state index in [-0.39, 0.29) is 23.8 Å². The maximum absolute atomic E-state index is 13.1. The molecule has 1 heterocycles. The van der Waals surface area contributed by atoms with Crippen molar-refractivity contribution in [3.05, 3.63) is 54.1 Å². The molecule has 1 aliphatic heterocycles. The van der Waals surface area contributed by atoms with Gasteiger partial charge in [0.2, 0.25) is 0 Å². The third-order valence-electron chi connectivity index (χ3n) is 3.73. The normalized spacial score (nSPS) is 15.6. The van der Waals surface area contributed by atoms with Gasteiger partial charge in [-0.15, -0.1) is 0 Å². The number of carbonyl (C=O) groups is 1. The van der Waals surface area contributed by atoms with Gasteiger partial charge in [-0.1, -0.05) is 36.0 Å². The van der Waals surface area contributed by atoms with Crippen LogP contribution >= 0.6 is 11.8 Å². The fraction of sp³-hybridized carbons (Fsp3) is 0.235. The second kappa shape index (κ2) is 7.78. The largest absolute Gasteiger partial charge is 1.00 e. The number of benzene rings is 2. The summed E-state index contributed by atoms with van der Waals surface area (Å²) < 4.78 is 27.2. The molecular weight excluding hydrogens is 380 g/mol. The Kier molecular flexibility index (Phi) is 6.16. The van der Waals surface area contributed by atoms with Crippen molar-refractivity contribution in [3.8, 4) is 0 Å². The molecule has 0 aliphatic carbocycles. The lowest BCUT2D eigenvalue weighted by molar-refractivity contribution is -0.0000177. The van der Waals surface area contributed by atoms with Crippen LogP contribution in [-0.2, 0) is 10.0 Å². The van der Waals surface area contributed by atoms with Crippen LogP contribution < -0.4 is 12.4 Å². The number of hydrogen-bond acceptors (Lipinski definition) is 5. The van der Waals surface area contributed by atoms with E-state index in [4.69, 9.17) is 0 Å². The smallest absolute Gasteiger partial charge is 0.268 e. The molecule has 0 N–H and O–H groups in total. The Bertz CT molecular complexity index is 885. The van der Waals surface area contributed by atoms with Gasteiger partial charge in [0.15, 0.2) is 0 Å². The monoisotopic (exact) mass is 397 g/mol. The maximum atomic E-state index is 13.1. The highest BCUT2D eigenvalue weighted by Gasteiger charge is 2.35. The van der Waals surface area contributed by atoms with Gasteiger partial charge in [-0.2, -0.15) is 0 Å². The predicted molar refractivity (Wildman–Crippen MR) is 93.8 cm³/mol. The van der Waals surface area contributed by atoms with Crippen LogP contribution in [0.1, 0.15) is 10.4 Å². The predicted octanol–water partition coefficient (Wildman–Crippen LogP) is -0.452. The van der Waals surface area contributed by atoms with Gasteiger partial charge in [0.05, 0.1) is 12.1 Å². The summed E-state index contributed by atoms with van der Waals surface area (Å²) in [7, 11) is -0.202. The molecule has 0 spiro atoms. The molecular formula is C17H18ClN2O3S2-. The highest BCUT2D eigenvalue weighted by Crippen LogP contribution is 2.38. The van der Waals surface area contributed by atoms with Crippen LogP contribution in [-0.4, -0.2) is 50.7 Å². The quantitative estimate of drug-likeness (QED) is 0.702. The third-order valence-corrected chi connectivity index (χ3v) is 6.85. The van der Waals surface area contributed by atoms with Crippen LogP contribution in [0.2, 0.25) is 0 Å². The number of amides is 1. The average Bonchev–Trinajstić information content (AvgIpc) is 2.54. The van der Waals surface area contributed by atoms with E-state index in [0.717, 1.165) is 9.20 Å². The Morgan fingerprint density at radius 1 is 1.00 bits per heavy atom. The molecule has 0 aromatic heterocycles. The Hall–Kier alpha value is -1.54. The van der Waals surface area contributed by atoms with E-state index in [2.05, 4.69) is 0 Å². The molecule has 134 valence electrons. The molecule has 2 aromatic rings. The first-order valence-corrected chi connectivity index (χ1v) is 9.74. The van der Waals surface area contributed by atoms with Crippen LogP contribution in [0, 0.1) is 0 Å². The molecule has 1 aliphatic rings. The Balaban J connectivity index is 0.00000225. The summed E-state index contributed by atoms with van der Waals surface area (Å²) in [5.74, 6) is -0.477. The lowest BCUT2D eigenvalue weighted by atomic mass is 10.2. The molecule has 0 saturated heterocycles. The van der Waals surface area contributed by atoms with Crippen LogP contribution in [0.5, 0.6) is 0 Å². The van der Waals surface area contributed by atoms with Crippen LogP contribution in [0.15, 0.2) is 63.2 Å². The zero-order valence-corrected chi connectivity index (χ0v) is 16.2. The number of fused-ring (bicyclic) bond motifs is 2. The fourth-order valence-electron chi connectivity index (χ4n) is 2.47. The summed E-state index contributed by atoms with van der Waals surface area (Å²) in [5, 5.41) is 0. The molecule has 0 atom stereocenters. The molecule has 5 nitrogen and oxygen atoms in total. The van der Waals surface area contributed by atoms with Crippen molar-refractivity contribution in [1.29, 1.82) is 0 Å². The second-order valence-corrected chi connectivity index (χ2v) is 8.65. The van der Waals surface area contributed by atoms with Gasteiger partial charge < -0.3 is 17.3 Å². The number of likely N-dealkylation sites (N-methyl/N-ethyl adjacent to an activating group) is 1. The van der Waals surface area contributed by atoms with Crippen molar-refractivity contribution < 1.29 is 25.6 Å². The Labute approximate surface area is 158 Å². The topological polar surface area (TPSA) is 57.7 Å².